The number of ether oxygens (including phenoxy) is 1. The van der Waals surface area contributed by atoms with E-state index in [-0.39, 0.29) is 0 Å². The zero-order chi connectivity index (χ0) is 9.40. The minimum atomic E-state index is 0.522. The van der Waals surface area contributed by atoms with Gasteiger partial charge in [0.25, 0.3) is 0 Å². The Kier molecular flexibility index (Phi) is 7.11. The van der Waals surface area contributed by atoms with Crippen LogP contribution in [0.3, 0.4) is 0 Å². The lowest BCUT2D eigenvalue weighted by Gasteiger charge is -2.15. The molecule has 2 nitrogen and oxygen atoms in total. The summed E-state index contributed by atoms with van der Waals surface area (Å²) in [5.41, 5.74) is 1.23. The lowest BCUT2D eigenvalue weighted by Crippen LogP contribution is -2.26. The summed E-state index contributed by atoms with van der Waals surface area (Å²) >= 11 is 0. The predicted octanol–water partition coefficient (Wildman–Crippen LogP) is 1.97. The van der Waals surface area contributed by atoms with Crippen LogP contribution in [0.25, 0.3) is 0 Å². The largest absolute Gasteiger partial charge is 0.382 e. The lowest BCUT2D eigenvalue weighted by atomic mass is 10.1. The highest BCUT2D eigenvalue weighted by Gasteiger charge is 2.04. The molecule has 0 aromatic rings. The van der Waals surface area contributed by atoms with Gasteiger partial charge in [0.2, 0.25) is 0 Å². The topological polar surface area (TPSA) is 21.3 Å². The van der Waals surface area contributed by atoms with Crippen molar-refractivity contribution >= 4 is 0 Å². The Labute approximate surface area is 76.0 Å². The molecule has 1 N–H and O–H groups in total. The van der Waals surface area contributed by atoms with Crippen LogP contribution in [0.4, 0.5) is 0 Å². The maximum absolute atomic E-state index is 5.28. The lowest BCUT2D eigenvalue weighted by molar-refractivity contribution is 0.137. The Balaban J connectivity index is 3.46. The highest BCUT2D eigenvalue weighted by Crippen LogP contribution is 2.05. The molecule has 0 radical (unpaired) electrons. The van der Waals surface area contributed by atoms with Crippen LogP contribution in [0.5, 0.6) is 0 Å². The van der Waals surface area contributed by atoms with Gasteiger partial charge in [-0.1, -0.05) is 5.57 Å². The zero-order valence-electron chi connectivity index (χ0n) is 8.52. The fourth-order valence-corrected chi connectivity index (χ4v) is 1.14. The van der Waals surface area contributed by atoms with Gasteiger partial charge in [-0.15, -0.1) is 6.58 Å². The van der Waals surface area contributed by atoms with E-state index in [1.807, 2.05) is 14.0 Å². The summed E-state index contributed by atoms with van der Waals surface area (Å²) in [4.78, 5) is 0. The van der Waals surface area contributed by atoms with E-state index in [4.69, 9.17) is 4.74 Å². The van der Waals surface area contributed by atoms with E-state index in [0.29, 0.717) is 6.04 Å². The van der Waals surface area contributed by atoms with Crippen molar-refractivity contribution in [1.29, 1.82) is 0 Å². The Hall–Kier alpha value is -0.340. The van der Waals surface area contributed by atoms with Crippen LogP contribution in [-0.4, -0.2) is 26.3 Å². The summed E-state index contributed by atoms with van der Waals surface area (Å²) in [6.45, 7) is 9.62. The van der Waals surface area contributed by atoms with Gasteiger partial charge in [0.05, 0.1) is 0 Å². The van der Waals surface area contributed by atoms with Gasteiger partial charge in [0.15, 0.2) is 0 Å². The smallest absolute Gasteiger partial charge is 0.0480 e. The first-order valence-electron chi connectivity index (χ1n) is 4.60. The van der Waals surface area contributed by atoms with Crippen molar-refractivity contribution in [3.8, 4) is 0 Å². The first kappa shape index (κ1) is 11.7. The van der Waals surface area contributed by atoms with E-state index < -0.39 is 0 Å². The number of rotatable bonds is 7. The first-order valence-corrected chi connectivity index (χ1v) is 4.60. The fraction of sp³-hybridized carbons (Fsp3) is 0.800. The average molecular weight is 171 g/mol. The van der Waals surface area contributed by atoms with E-state index >= 15 is 0 Å². The molecule has 0 aromatic heterocycles. The van der Waals surface area contributed by atoms with Crippen LogP contribution in [0.15, 0.2) is 12.2 Å². The maximum atomic E-state index is 5.28. The van der Waals surface area contributed by atoms with Crippen LogP contribution >= 0.6 is 0 Å². The fourth-order valence-electron chi connectivity index (χ4n) is 1.14. The van der Waals surface area contributed by atoms with Gasteiger partial charge in [0.1, 0.15) is 0 Å². The Bertz CT molecular complexity index is 123. The highest BCUT2D eigenvalue weighted by molar-refractivity contribution is 4.92. The van der Waals surface area contributed by atoms with Gasteiger partial charge in [0, 0.05) is 19.3 Å². The summed E-state index contributed by atoms with van der Waals surface area (Å²) in [5, 5.41) is 3.25. The molecule has 0 heterocycles. The summed E-state index contributed by atoms with van der Waals surface area (Å²) in [5.74, 6) is 0. The second kappa shape index (κ2) is 7.32. The van der Waals surface area contributed by atoms with Crippen LogP contribution in [-0.2, 0) is 4.74 Å². The monoisotopic (exact) mass is 171 g/mol. The second-order valence-corrected chi connectivity index (χ2v) is 3.13. The Morgan fingerprint density at radius 3 is 2.67 bits per heavy atom. The standard InChI is InChI=1S/C10H21NO/c1-5-12-7-6-10(11-4)8-9(2)3/h10-11H,2,5-8H2,1,3-4H3. The third-order valence-electron chi connectivity index (χ3n) is 1.82. The molecule has 0 aromatic carbocycles. The first-order chi connectivity index (χ1) is 5.70. The van der Waals surface area contributed by atoms with Crippen molar-refractivity contribution in [2.24, 2.45) is 0 Å². The molecule has 0 saturated heterocycles. The molecule has 0 aliphatic rings. The van der Waals surface area contributed by atoms with Crippen molar-refractivity contribution in [3.63, 3.8) is 0 Å². The van der Waals surface area contributed by atoms with E-state index in [1.165, 1.54) is 5.57 Å². The molecular weight excluding hydrogens is 150 g/mol. The Morgan fingerprint density at radius 2 is 2.25 bits per heavy atom. The molecule has 1 unspecified atom stereocenters. The Morgan fingerprint density at radius 1 is 1.58 bits per heavy atom. The molecule has 0 spiro atoms. The SMILES string of the molecule is C=C(C)CC(CCOCC)NC. The van der Waals surface area contributed by atoms with Gasteiger partial charge in [-0.2, -0.15) is 0 Å². The molecule has 0 fully saturated rings. The average Bonchev–Trinajstić information content (AvgIpc) is 2.02. The van der Waals surface area contributed by atoms with Crippen LogP contribution in [0, 0.1) is 0 Å². The van der Waals surface area contributed by atoms with Gasteiger partial charge in [-0.05, 0) is 33.7 Å². The molecule has 0 rings (SSSR count). The van der Waals surface area contributed by atoms with Crippen molar-refractivity contribution < 1.29 is 4.74 Å². The second-order valence-electron chi connectivity index (χ2n) is 3.13. The predicted molar refractivity (Wildman–Crippen MR) is 53.4 cm³/mol. The maximum Gasteiger partial charge on any atom is 0.0480 e. The van der Waals surface area contributed by atoms with Crippen molar-refractivity contribution in [2.45, 2.75) is 32.7 Å². The van der Waals surface area contributed by atoms with Gasteiger partial charge >= 0.3 is 0 Å². The van der Waals surface area contributed by atoms with Gasteiger partial charge < -0.3 is 10.1 Å². The van der Waals surface area contributed by atoms with Crippen LogP contribution < -0.4 is 5.32 Å². The number of hydrogen-bond donors (Lipinski definition) is 1. The molecule has 0 saturated carbocycles. The van der Waals surface area contributed by atoms with Crippen molar-refractivity contribution in [3.05, 3.63) is 12.2 Å². The summed E-state index contributed by atoms with van der Waals surface area (Å²) in [7, 11) is 1.99. The van der Waals surface area contributed by atoms with E-state index in [2.05, 4.69) is 18.8 Å². The summed E-state index contributed by atoms with van der Waals surface area (Å²) < 4.78 is 5.28. The summed E-state index contributed by atoms with van der Waals surface area (Å²) in [6.07, 6.45) is 2.11. The molecule has 0 amide bonds. The molecule has 0 bridgehead atoms. The van der Waals surface area contributed by atoms with Crippen molar-refractivity contribution in [2.75, 3.05) is 20.3 Å². The molecule has 1 atom stereocenters. The third kappa shape index (κ3) is 6.38. The van der Waals surface area contributed by atoms with E-state index in [9.17, 15) is 0 Å². The van der Waals surface area contributed by atoms with Crippen molar-refractivity contribution in [1.82, 2.24) is 5.32 Å². The minimum Gasteiger partial charge on any atom is -0.382 e. The normalized spacial score (nSPS) is 12.9. The van der Waals surface area contributed by atoms with E-state index in [0.717, 1.165) is 26.1 Å². The minimum absolute atomic E-state index is 0.522. The molecule has 72 valence electrons. The van der Waals surface area contributed by atoms with Gasteiger partial charge in [-0.25, -0.2) is 0 Å². The van der Waals surface area contributed by atoms with Crippen LogP contribution in [0.2, 0.25) is 0 Å². The molecule has 12 heavy (non-hydrogen) atoms. The zero-order valence-corrected chi connectivity index (χ0v) is 8.52. The summed E-state index contributed by atoms with van der Waals surface area (Å²) in [6, 6.07) is 0.522. The van der Waals surface area contributed by atoms with Crippen LogP contribution in [0.1, 0.15) is 26.7 Å². The molecular formula is C10H21NO. The molecule has 0 aliphatic carbocycles. The number of hydrogen-bond acceptors (Lipinski definition) is 2. The third-order valence-corrected chi connectivity index (χ3v) is 1.82. The number of nitrogens with one attached hydrogen (secondary N) is 1. The molecule has 2 heteroatoms. The molecule has 0 aliphatic heterocycles. The van der Waals surface area contributed by atoms with Gasteiger partial charge in [-0.3, -0.25) is 0 Å². The van der Waals surface area contributed by atoms with E-state index in [1.54, 1.807) is 0 Å². The quantitative estimate of drug-likeness (QED) is 0.467. The highest BCUT2D eigenvalue weighted by atomic mass is 16.5.